The predicted octanol–water partition coefficient (Wildman–Crippen LogP) is 2.88. The molecule has 0 atom stereocenters. The van der Waals surface area contributed by atoms with Crippen molar-refractivity contribution in [1.29, 1.82) is 0 Å². The van der Waals surface area contributed by atoms with Crippen LogP contribution in [-0.2, 0) is 4.79 Å². The molecule has 0 fully saturated rings. The van der Waals surface area contributed by atoms with Crippen LogP contribution >= 0.6 is 0 Å². The molecule has 0 bridgehead atoms. The zero-order valence-electron chi connectivity index (χ0n) is 11.6. The van der Waals surface area contributed by atoms with E-state index in [9.17, 15) is 9.90 Å². The fourth-order valence-electron chi connectivity index (χ4n) is 2.04. The average molecular weight is 267 g/mol. The van der Waals surface area contributed by atoms with Gasteiger partial charge in [0.2, 0.25) is 5.91 Å². The Morgan fingerprint density at radius 1 is 1.10 bits per heavy atom. The second-order valence-electron chi connectivity index (χ2n) is 4.53. The Kier molecular flexibility index (Phi) is 4.20. The molecule has 3 heteroatoms. The van der Waals surface area contributed by atoms with Gasteiger partial charge in [0.1, 0.15) is 5.75 Å². The maximum atomic E-state index is 11.7. The second-order valence-corrected chi connectivity index (χ2v) is 4.53. The van der Waals surface area contributed by atoms with Gasteiger partial charge in [-0.05, 0) is 41.3 Å². The van der Waals surface area contributed by atoms with E-state index in [-0.39, 0.29) is 11.7 Å². The molecule has 102 valence electrons. The number of carbonyl (C=O) groups is 1. The molecule has 0 heterocycles. The molecule has 1 amide bonds. The second kappa shape index (κ2) is 6.06. The number of hydrogen-bond donors (Lipinski definition) is 2. The predicted molar refractivity (Wildman–Crippen MR) is 80.4 cm³/mol. The van der Waals surface area contributed by atoms with Crippen molar-refractivity contribution in [1.82, 2.24) is 5.32 Å². The molecule has 0 aliphatic rings. The first-order chi connectivity index (χ1) is 9.61. The third-order valence-corrected chi connectivity index (χ3v) is 3.14. The maximum absolute atomic E-state index is 11.7. The van der Waals surface area contributed by atoms with Crippen LogP contribution in [0.1, 0.15) is 16.7 Å². The SMILES string of the molecule is CNC(=O)/C=C(\c1ccc(O)cc1)c1ccccc1C. The van der Waals surface area contributed by atoms with Crippen molar-refractivity contribution >= 4 is 11.5 Å². The highest BCUT2D eigenvalue weighted by Gasteiger charge is 2.09. The number of amides is 1. The van der Waals surface area contributed by atoms with Crippen LogP contribution in [0.5, 0.6) is 5.75 Å². The third-order valence-electron chi connectivity index (χ3n) is 3.14. The molecular formula is C17H17NO2. The highest BCUT2D eigenvalue weighted by Crippen LogP contribution is 2.27. The van der Waals surface area contributed by atoms with Crippen LogP contribution in [-0.4, -0.2) is 18.1 Å². The van der Waals surface area contributed by atoms with E-state index < -0.39 is 0 Å². The van der Waals surface area contributed by atoms with Gasteiger partial charge in [-0.1, -0.05) is 36.4 Å². The van der Waals surface area contributed by atoms with Crippen molar-refractivity contribution < 1.29 is 9.90 Å². The van der Waals surface area contributed by atoms with Crippen molar-refractivity contribution in [2.24, 2.45) is 0 Å². The van der Waals surface area contributed by atoms with Gasteiger partial charge in [0.05, 0.1) is 0 Å². The van der Waals surface area contributed by atoms with Crippen LogP contribution in [0.4, 0.5) is 0 Å². The monoisotopic (exact) mass is 267 g/mol. The van der Waals surface area contributed by atoms with E-state index >= 15 is 0 Å². The standard InChI is InChI=1S/C17H17NO2/c1-12-5-3-4-6-15(12)16(11-17(20)18-2)13-7-9-14(19)10-8-13/h3-11,19H,1-2H3,(H,18,20)/b16-11+. The molecule has 0 radical (unpaired) electrons. The Labute approximate surface area is 118 Å². The lowest BCUT2D eigenvalue weighted by molar-refractivity contribution is -0.116. The van der Waals surface area contributed by atoms with Gasteiger partial charge >= 0.3 is 0 Å². The first-order valence-electron chi connectivity index (χ1n) is 6.40. The van der Waals surface area contributed by atoms with Gasteiger partial charge in [0.15, 0.2) is 0 Å². The van der Waals surface area contributed by atoms with Gasteiger partial charge in [-0.2, -0.15) is 0 Å². The Hall–Kier alpha value is -2.55. The van der Waals surface area contributed by atoms with Gasteiger partial charge in [-0.15, -0.1) is 0 Å². The number of nitrogens with one attached hydrogen (secondary N) is 1. The number of likely N-dealkylation sites (N-methyl/N-ethyl adjacent to an activating group) is 1. The van der Waals surface area contributed by atoms with Crippen molar-refractivity contribution in [3.05, 3.63) is 71.3 Å². The minimum absolute atomic E-state index is 0.156. The summed E-state index contributed by atoms with van der Waals surface area (Å²) < 4.78 is 0. The van der Waals surface area contributed by atoms with Crippen LogP contribution in [0.3, 0.4) is 0 Å². The highest BCUT2D eigenvalue weighted by atomic mass is 16.3. The van der Waals surface area contributed by atoms with Crippen LogP contribution in [0.15, 0.2) is 54.6 Å². The number of benzene rings is 2. The van der Waals surface area contributed by atoms with Gasteiger partial charge in [-0.25, -0.2) is 0 Å². The number of rotatable bonds is 3. The zero-order chi connectivity index (χ0) is 14.5. The molecule has 0 saturated heterocycles. The van der Waals surface area contributed by atoms with Crippen LogP contribution in [0.25, 0.3) is 5.57 Å². The van der Waals surface area contributed by atoms with Crippen molar-refractivity contribution in [2.45, 2.75) is 6.92 Å². The molecule has 20 heavy (non-hydrogen) atoms. The molecule has 0 unspecified atom stereocenters. The summed E-state index contributed by atoms with van der Waals surface area (Å²) in [5.74, 6) is 0.0501. The topological polar surface area (TPSA) is 49.3 Å². The zero-order valence-corrected chi connectivity index (χ0v) is 11.6. The summed E-state index contributed by atoms with van der Waals surface area (Å²) in [6, 6.07) is 14.7. The fraction of sp³-hybridized carbons (Fsp3) is 0.118. The number of hydrogen-bond acceptors (Lipinski definition) is 2. The third kappa shape index (κ3) is 3.06. The van der Waals surface area contributed by atoms with E-state index in [4.69, 9.17) is 0 Å². The molecule has 0 spiro atoms. The van der Waals surface area contributed by atoms with Crippen LogP contribution in [0, 0.1) is 6.92 Å². The van der Waals surface area contributed by atoms with E-state index in [1.807, 2.05) is 31.2 Å². The fourth-order valence-corrected chi connectivity index (χ4v) is 2.04. The van der Waals surface area contributed by atoms with Gasteiger partial charge in [0, 0.05) is 13.1 Å². The largest absolute Gasteiger partial charge is 0.508 e. The van der Waals surface area contributed by atoms with E-state index in [2.05, 4.69) is 5.32 Å². The van der Waals surface area contributed by atoms with Crippen LogP contribution < -0.4 is 5.32 Å². The summed E-state index contributed by atoms with van der Waals surface area (Å²) in [6.45, 7) is 2.01. The Bertz CT molecular complexity index is 642. The van der Waals surface area contributed by atoms with Crippen LogP contribution in [0.2, 0.25) is 0 Å². The summed E-state index contributed by atoms with van der Waals surface area (Å²) in [4.78, 5) is 11.7. The smallest absolute Gasteiger partial charge is 0.244 e. The summed E-state index contributed by atoms with van der Waals surface area (Å²) in [6.07, 6.45) is 1.58. The molecule has 2 aromatic carbocycles. The molecule has 2 rings (SSSR count). The number of phenols is 1. The van der Waals surface area contributed by atoms with Gasteiger partial charge in [0.25, 0.3) is 0 Å². The number of carbonyl (C=O) groups excluding carboxylic acids is 1. The molecule has 3 nitrogen and oxygen atoms in total. The Morgan fingerprint density at radius 3 is 2.35 bits per heavy atom. The van der Waals surface area contributed by atoms with Gasteiger partial charge < -0.3 is 10.4 Å². The van der Waals surface area contributed by atoms with Crippen molar-refractivity contribution in [3.63, 3.8) is 0 Å². The van der Waals surface area contributed by atoms with E-state index in [1.165, 1.54) is 0 Å². The van der Waals surface area contributed by atoms with E-state index in [0.29, 0.717) is 0 Å². The number of phenolic OH excluding ortho intramolecular Hbond substituents is 1. The van der Waals surface area contributed by atoms with E-state index in [0.717, 1.165) is 22.3 Å². The number of aryl methyl sites for hydroxylation is 1. The molecule has 0 aromatic heterocycles. The molecule has 0 aliphatic carbocycles. The first kappa shape index (κ1) is 13.9. The first-order valence-corrected chi connectivity index (χ1v) is 6.40. The highest BCUT2D eigenvalue weighted by molar-refractivity contribution is 5.99. The summed E-state index contributed by atoms with van der Waals surface area (Å²) in [5, 5.41) is 12.0. The normalized spacial score (nSPS) is 11.2. The Balaban J connectivity index is 2.56. The molecular weight excluding hydrogens is 250 g/mol. The lowest BCUT2D eigenvalue weighted by Gasteiger charge is -2.11. The molecule has 0 aliphatic heterocycles. The van der Waals surface area contributed by atoms with Gasteiger partial charge in [-0.3, -0.25) is 4.79 Å². The molecule has 2 N–H and O–H groups in total. The minimum atomic E-state index is -0.156. The summed E-state index contributed by atoms with van der Waals surface area (Å²) >= 11 is 0. The maximum Gasteiger partial charge on any atom is 0.244 e. The lowest BCUT2D eigenvalue weighted by Crippen LogP contribution is -2.15. The number of aromatic hydroxyl groups is 1. The Morgan fingerprint density at radius 2 is 1.75 bits per heavy atom. The van der Waals surface area contributed by atoms with E-state index in [1.54, 1.807) is 37.4 Å². The quantitative estimate of drug-likeness (QED) is 0.840. The van der Waals surface area contributed by atoms with Crippen molar-refractivity contribution in [3.8, 4) is 5.75 Å². The lowest BCUT2D eigenvalue weighted by atomic mass is 9.94. The minimum Gasteiger partial charge on any atom is -0.508 e. The van der Waals surface area contributed by atoms with Crippen molar-refractivity contribution in [2.75, 3.05) is 7.05 Å². The summed E-state index contributed by atoms with van der Waals surface area (Å²) in [7, 11) is 1.60. The molecule has 2 aromatic rings. The average Bonchev–Trinajstić information content (AvgIpc) is 2.46. The molecule has 0 saturated carbocycles. The summed E-state index contributed by atoms with van der Waals surface area (Å²) in [5.41, 5.74) is 3.82.